The number of sulfonamides is 1. The van der Waals surface area contributed by atoms with Gasteiger partial charge in [-0.05, 0) is 44.2 Å². The van der Waals surface area contributed by atoms with Crippen LogP contribution in [0.25, 0.3) is 12.2 Å². The molecule has 2 aliphatic rings. The number of hydrogen-bond donors (Lipinski definition) is 1. The van der Waals surface area contributed by atoms with Gasteiger partial charge in [0.25, 0.3) is 0 Å². The lowest BCUT2D eigenvalue weighted by atomic mass is 9.97. The minimum atomic E-state index is -3.84. The highest BCUT2D eigenvalue weighted by Crippen LogP contribution is 2.29. The molecular weight excluding hydrogens is 438 g/mol. The molecule has 1 aromatic heterocycles. The van der Waals surface area contributed by atoms with Crippen LogP contribution in [-0.4, -0.2) is 42.9 Å². The summed E-state index contributed by atoms with van der Waals surface area (Å²) in [6, 6.07) is 9.81. The quantitative estimate of drug-likeness (QED) is 0.631. The molecule has 178 valence electrons. The number of hydrogen-bond acceptors (Lipinski definition) is 5. The average molecular weight is 472 g/mol. The van der Waals surface area contributed by atoms with E-state index < -0.39 is 10.0 Å². The molecule has 0 unspecified atom stereocenters. The number of rotatable bonds is 6. The summed E-state index contributed by atoms with van der Waals surface area (Å²) >= 11 is 0. The van der Waals surface area contributed by atoms with Crippen LogP contribution in [0.4, 0.5) is 0 Å². The predicted molar refractivity (Wildman–Crippen MR) is 128 cm³/mol. The van der Waals surface area contributed by atoms with Crippen LogP contribution in [0.1, 0.15) is 68.4 Å². The molecule has 1 amide bonds. The number of amides is 1. The number of carbonyl (C=O) groups excluding carboxylic acids is 1. The van der Waals surface area contributed by atoms with E-state index in [2.05, 4.69) is 10.5 Å². The molecule has 2 fully saturated rings. The summed E-state index contributed by atoms with van der Waals surface area (Å²) in [7, 11) is -3.84. The van der Waals surface area contributed by atoms with Crippen molar-refractivity contribution in [2.24, 2.45) is 5.92 Å². The van der Waals surface area contributed by atoms with E-state index >= 15 is 0 Å². The molecule has 7 nitrogen and oxygen atoms in total. The highest BCUT2D eigenvalue weighted by atomic mass is 32.2. The maximum absolute atomic E-state index is 13.6. The van der Waals surface area contributed by atoms with Crippen molar-refractivity contribution in [2.45, 2.75) is 69.2 Å². The van der Waals surface area contributed by atoms with Gasteiger partial charge in [0.05, 0.1) is 5.92 Å². The Hall–Kier alpha value is -2.45. The van der Waals surface area contributed by atoms with Gasteiger partial charge < -0.3 is 9.84 Å². The zero-order chi connectivity index (χ0) is 23.3. The topological polar surface area (TPSA) is 92.5 Å². The Morgan fingerprint density at radius 2 is 1.79 bits per heavy atom. The second-order valence-electron chi connectivity index (χ2n) is 9.10. The zero-order valence-corrected chi connectivity index (χ0v) is 20.0. The summed E-state index contributed by atoms with van der Waals surface area (Å²) < 4.78 is 33.9. The van der Waals surface area contributed by atoms with Crippen LogP contribution < -0.4 is 5.32 Å². The van der Waals surface area contributed by atoms with E-state index in [1.807, 2.05) is 30.3 Å². The first-order chi connectivity index (χ1) is 15.9. The second-order valence-corrected chi connectivity index (χ2v) is 11.0. The fourth-order valence-corrected chi connectivity index (χ4v) is 6.56. The van der Waals surface area contributed by atoms with E-state index in [4.69, 9.17) is 4.52 Å². The van der Waals surface area contributed by atoms with Gasteiger partial charge in [-0.3, -0.25) is 4.79 Å². The molecule has 0 spiro atoms. The summed E-state index contributed by atoms with van der Waals surface area (Å²) in [5.41, 5.74) is 1.26. The van der Waals surface area contributed by atoms with Crippen molar-refractivity contribution >= 4 is 28.1 Å². The SMILES string of the molecule is Cc1noc(/C=C/c2ccccc2)c1S(=O)(=O)N1CCC[C@@H](C(=O)NC2CCCCCC2)C1. The van der Waals surface area contributed by atoms with Crippen LogP contribution in [0.2, 0.25) is 0 Å². The summed E-state index contributed by atoms with van der Waals surface area (Å²) in [5, 5.41) is 7.11. The van der Waals surface area contributed by atoms with Gasteiger partial charge in [0.15, 0.2) is 10.7 Å². The Labute approximate surface area is 196 Å². The lowest BCUT2D eigenvalue weighted by Crippen LogP contribution is -2.47. The van der Waals surface area contributed by atoms with E-state index in [1.165, 1.54) is 17.1 Å². The highest BCUT2D eigenvalue weighted by Gasteiger charge is 2.37. The first-order valence-electron chi connectivity index (χ1n) is 11.9. The van der Waals surface area contributed by atoms with Gasteiger partial charge in [-0.2, -0.15) is 4.31 Å². The number of benzene rings is 1. The average Bonchev–Trinajstić information content (AvgIpc) is 3.02. The molecule has 8 heteroatoms. The van der Waals surface area contributed by atoms with Crippen molar-refractivity contribution in [3.05, 3.63) is 47.3 Å². The van der Waals surface area contributed by atoms with Gasteiger partial charge in [-0.25, -0.2) is 8.42 Å². The van der Waals surface area contributed by atoms with Crippen molar-refractivity contribution in [1.82, 2.24) is 14.8 Å². The fraction of sp³-hybridized carbons (Fsp3) is 0.520. The zero-order valence-electron chi connectivity index (χ0n) is 19.2. The van der Waals surface area contributed by atoms with E-state index in [1.54, 1.807) is 19.1 Å². The van der Waals surface area contributed by atoms with Crippen LogP contribution in [0.5, 0.6) is 0 Å². The lowest BCUT2D eigenvalue weighted by Gasteiger charge is -2.32. The molecule has 0 bridgehead atoms. The first-order valence-corrected chi connectivity index (χ1v) is 13.4. The maximum Gasteiger partial charge on any atom is 0.248 e. The van der Waals surface area contributed by atoms with E-state index in [9.17, 15) is 13.2 Å². The maximum atomic E-state index is 13.6. The number of piperidine rings is 1. The van der Waals surface area contributed by atoms with Crippen molar-refractivity contribution in [1.29, 1.82) is 0 Å². The Kier molecular flexibility index (Phi) is 7.65. The van der Waals surface area contributed by atoms with Gasteiger partial charge in [0.1, 0.15) is 5.69 Å². The van der Waals surface area contributed by atoms with Crippen LogP contribution >= 0.6 is 0 Å². The molecule has 1 aromatic carbocycles. The van der Waals surface area contributed by atoms with Gasteiger partial charge in [-0.1, -0.05) is 67.2 Å². The van der Waals surface area contributed by atoms with Crippen LogP contribution in [0.15, 0.2) is 39.8 Å². The number of aromatic nitrogens is 1. The van der Waals surface area contributed by atoms with E-state index in [0.717, 1.165) is 31.2 Å². The Bertz CT molecular complexity index is 1070. The fourth-order valence-electron chi connectivity index (χ4n) is 4.78. The van der Waals surface area contributed by atoms with Gasteiger partial charge >= 0.3 is 0 Å². The summed E-state index contributed by atoms with van der Waals surface area (Å²) in [5.74, 6) is -0.144. The van der Waals surface area contributed by atoms with Crippen LogP contribution in [-0.2, 0) is 14.8 Å². The van der Waals surface area contributed by atoms with Crippen molar-refractivity contribution in [3.63, 3.8) is 0 Å². The van der Waals surface area contributed by atoms with Crippen molar-refractivity contribution < 1.29 is 17.7 Å². The third kappa shape index (κ3) is 5.73. The van der Waals surface area contributed by atoms with Gasteiger partial charge in [-0.15, -0.1) is 0 Å². The summed E-state index contributed by atoms with van der Waals surface area (Å²) in [4.78, 5) is 13.0. The molecule has 0 radical (unpaired) electrons. The first kappa shape index (κ1) is 23.7. The third-order valence-corrected chi connectivity index (χ3v) is 8.64. The number of aryl methyl sites for hydroxylation is 1. The third-order valence-electron chi connectivity index (χ3n) is 6.61. The van der Waals surface area contributed by atoms with E-state index in [-0.39, 0.29) is 35.1 Å². The smallest absolute Gasteiger partial charge is 0.248 e. The van der Waals surface area contributed by atoms with Crippen LogP contribution in [0, 0.1) is 12.8 Å². The predicted octanol–water partition coefficient (Wildman–Crippen LogP) is 4.39. The Balaban J connectivity index is 1.48. The summed E-state index contributed by atoms with van der Waals surface area (Å²) in [6.45, 7) is 2.21. The molecule has 4 rings (SSSR count). The second kappa shape index (κ2) is 10.7. The molecule has 2 heterocycles. The molecule has 1 aliphatic heterocycles. The minimum absolute atomic E-state index is 0.0203. The molecule has 1 saturated carbocycles. The van der Waals surface area contributed by atoms with Crippen molar-refractivity contribution in [2.75, 3.05) is 13.1 Å². The van der Waals surface area contributed by atoms with Crippen molar-refractivity contribution in [3.8, 4) is 0 Å². The largest absolute Gasteiger partial charge is 0.355 e. The Morgan fingerprint density at radius 1 is 1.06 bits per heavy atom. The van der Waals surface area contributed by atoms with E-state index in [0.29, 0.717) is 25.1 Å². The normalized spacial score (nSPS) is 21.2. The lowest BCUT2D eigenvalue weighted by molar-refractivity contribution is -0.126. The molecule has 33 heavy (non-hydrogen) atoms. The van der Waals surface area contributed by atoms with Crippen LogP contribution in [0.3, 0.4) is 0 Å². The monoisotopic (exact) mass is 471 g/mol. The standard InChI is InChI=1S/C25H33N3O4S/c1-19-24(23(32-27-19)16-15-20-10-5-4-6-11-20)33(30,31)28-17-9-12-21(18-28)25(29)26-22-13-7-2-3-8-14-22/h4-6,10-11,15-16,21-22H,2-3,7-9,12-14,17-18H2,1H3,(H,26,29)/b16-15+/t21-/m1/s1. The molecule has 1 atom stereocenters. The Morgan fingerprint density at radius 3 is 2.52 bits per heavy atom. The number of nitrogens with one attached hydrogen (secondary N) is 1. The van der Waals surface area contributed by atoms with Gasteiger partial charge in [0.2, 0.25) is 15.9 Å². The number of nitrogens with zero attached hydrogens (tertiary/aromatic N) is 2. The molecule has 2 aromatic rings. The molecular formula is C25H33N3O4S. The summed E-state index contributed by atoms with van der Waals surface area (Å²) in [6.07, 6.45) is 11.6. The molecule has 1 saturated heterocycles. The minimum Gasteiger partial charge on any atom is -0.355 e. The molecule has 1 N–H and O–H groups in total. The number of carbonyl (C=O) groups is 1. The van der Waals surface area contributed by atoms with Gasteiger partial charge in [0, 0.05) is 19.1 Å². The highest BCUT2D eigenvalue weighted by molar-refractivity contribution is 7.89. The molecule has 1 aliphatic carbocycles.